The number of hydrogen-bond acceptors (Lipinski definition) is 5. The van der Waals surface area contributed by atoms with Crippen LogP contribution in [0.2, 0.25) is 0 Å². The Balaban J connectivity index is 0.00000500. The Morgan fingerprint density at radius 1 is 0.957 bits per heavy atom. The van der Waals surface area contributed by atoms with Gasteiger partial charge in [0.2, 0.25) is 0 Å². The third-order valence-corrected chi connectivity index (χ3v) is 12.2. The molecular weight excluding hydrogens is 658 g/mol. The first-order valence-electron chi connectivity index (χ1n) is 16.0. The third kappa shape index (κ3) is 7.52. The fraction of sp³-hybridized carbons (Fsp3) is 0.405. The molecule has 0 aromatic heterocycles. The predicted octanol–water partition coefficient (Wildman–Crippen LogP) is 4.70. The van der Waals surface area contributed by atoms with Gasteiger partial charge in [0, 0.05) is 23.8 Å². The van der Waals surface area contributed by atoms with E-state index in [1.54, 1.807) is 0 Å². The van der Waals surface area contributed by atoms with Gasteiger partial charge in [0.05, 0.1) is 17.7 Å². The number of unbranched alkanes of at least 4 members (excludes halogenated alkanes) is 1. The van der Waals surface area contributed by atoms with Crippen LogP contribution < -0.4 is 55.9 Å². The Morgan fingerprint density at radius 2 is 1.62 bits per heavy atom. The van der Waals surface area contributed by atoms with E-state index in [9.17, 15) is 21.4 Å². The van der Waals surface area contributed by atoms with Gasteiger partial charge in [0.15, 0.2) is 15.5 Å². The molecule has 2 atom stereocenters. The second-order valence-electron chi connectivity index (χ2n) is 13.8. The Kier molecular flexibility index (Phi) is 11.8. The van der Waals surface area contributed by atoms with Crippen LogP contribution in [0.25, 0.3) is 5.57 Å². The maximum absolute atomic E-state index is 12.6. The molecule has 2 heterocycles. The molecule has 1 saturated heterocycles. The topological polar surface area (TPSA) is 112 Å². The van der Waals surface area contributed by atoms with Crippen molar-refractivity contribution in [1.82, 2.24) is 4.48 Å². The minimum atomic E-state index is -4.54. The van der Waals surface area contributed by atoms with E-state index in [0.717, 1.165) is 22.5 Å². The Morgan fingerprint density at radius 3 is 2.30 bits per heavy atom. The van der Waals surface area contributed by atoms with E-state index >= 15 is 0 Å². The van der Waals surface area contributed by atoms with E-state index < -0.39 is 31.0 Å². The average molecular weight is 703 g/mol. The molecule has 0 radical (unpaired) electrons. The summed E-state index contributed by atoms with van der Waals surface area (Å²) in [5, 5.41) is -1.04. The molecule has 2 aliphatic heterocycles. The zero-order valence-electron chi connectivity index (χ0n) is 28.4. The molecule has 0 saturated carbocycles. The third-order valence-electron chi connectivity index (χ3n) is 10.1. The van der Waals surface area contributed by atoms with Crippen molar-refractivity contribution in [1.29, 1.82) is 0 Å². The van der Waals surface area contributed by atoms with Gasteiger partial charge >= 0.3 is 51.4 Å². The molecule has 7 nitrogen and oxygen atoms in total. The minimum Gasteiger partial charge on any atom is -0.743 e. The van der Waals surface area contributed by atoms with Crippen LogP contribution in [-0.4, -0.2) is 43.6 Å². The monoisotopic (exact) mass is 702 g/mol. The number of allylic oxidation sites excluding steroid dienone is 10. The number of rotatable bonds is 10. The van der Waals surface area contributed by atoms with Crippen molar-refractivity contribution in [2.24, 2.45) is 0 Å². The van der Waals surface area contributed by atoms with E-state index in [1.165, 1.54) is 22.3 Å². The molecule has 47 heavy (non-hydrogen) atoms. The Hall–Kier alpha value is -1.44. The molecule has 0 amide bonds. The summed E-state index contributed by atoms with van der Waals surface area (Å²) in [4.78, 5) is 0. The summed E-state index contributed by atoms with van der Waals surface area (Å²) in [6.07, 6.45) is 15.0. The maximum atomic E-state index is 12.6. The van der Waals surface area contributed by atoms with E-state index in [2.05, 4.69) is 45.9 Å². The van der Waals surface area contributed by atoms with E-state index in [1.807, 2.05) is 73.7 Å². The van der Waals surface area contributed by atoms with Crippen LogP contribution in [0, 0.1) is 0 Å². The second-order valence-corrected chi connectivity index (χ2v) is 16.9. The minimum absolute atomic E-state index is 0. The van der Waals surface area contributed by atoms with Crippen LogP contribution in [0.1, 0.15) is 83.4 Å². The SMILES string of the molecule is CC(C=C/C=C1\C(C)(C)c2ccccc2[N+]12CCCC2S(=O)(=O)[O-])=CC=CC1=C(CCCCS(=O)(=O)O)c2ccccc2C1(C)C.[K+]. The van der Waals surface area contributed by atoms with Crippen LogP contribution in [0.5, 0.6) is 0 Å². The number of nitrogens with zero attached hydrogens (tertiary/aromatic N) is 1. The fourth-order valence-electron chi connectivity index (χ4n) is 8.02. The van der Waals surface area contributed by atoms with Crippen LogP contribution in [0.3, 0.4) is 0 Å². The first-order chi connectivity index (χ1) is 21.5. The second kappa shape index (κ2) is 14.4. The number of quaternary nitrogens is 1. The zero-order chi connectivity index (χ0) is 33.5. The molecule has 246 valence electrons. The van der Waals surface area contributed by atoms with Crippen LogP contribution in [0.4, 0.5) is 5.69 Å². The molecule has 1 spiro atoms. The first kappa shape index (κ1) is 38.4. The van der Waals surface area contributed by atoms with Crippen LogP contribution in [-0.2, 0) is 31.1 Å². The molecule has 2 aromatic rings. The number of hydrogen-bond donors (Lipinski definition) is 1. The van der Waals surface area contributed by atoms with E-state index in [-0.39, 0.29) is 67.0 Å². The van der Waals surface area contributed by atoms with Crippen molar-refractivity contribution in [3.05, 3.63) is 119 Å². The molecule has 2 aromatic carbocycles. The summed E-state index contributed by atoms with van der Waals surface area (Å²) in [5.41, 5.74) is 8.04. The summed E-state index contributed by atoms with van der Waals surface area (Å²) in [6, 6.07) is 16.2. The van der Waals surface area contributed by atoms with E-state index in [4.69, 9.17) is 4.55 Å². The van der Waals surface area contributed by atoms with Crippen molar-refractivity contribution in [3.63, 3.8) is 0 Å². The van der Waals surface area contributed by atoms with Crippen molar-refractivity contribution in [3.8, 4) is 0 Å². The summed E-state index contributed by atoms with van der Waals surface area (Å²) < 4.78 is 69.4. The Labute approximate surface area is 323 Å². The van der Waals surface area contributed by atoms with Crippen molar-refractivity contribution >= 4 is 31.5 Å². The normalized spacial score (nSPS) is 24.4. The van der Waals surface area contributed by atoms with Gasteiger partial charge < -0.3 is 4.55 Å². The van der Waals surface area contributed by atoms with Gasteiger partial charge in [-0.1, -0.05) is 92.3 Å². The number of benzene rings is 2. The number of para-hydroxylation sites is 1. The molecule has 10 heteroatoms. The number of fused-ring (bicyclic) bond motifs is 3. The molecule has 0 bridgehead atoms. The van der Waals surface area contributed by atoms with E-state index in [0.29, 0.717) is 38.6 Å². The smallest absolute Gasteiger partial charge is 0.743 e. The van der Waals surface area contributed by atoms with Crippen molar-refractivity contribution in [2.75, 3.05) is 12.3 Å². The van der Waals surface area contributed by atoms with Gasteiger partial charge in [0.1, 0.15) is 11.4 Å². The summed E-state index contributed by atoms with van der Waals surface area (Å²) in [5.74, 6) is -0.239. The molecule has 2 unspecified atom stereocenters. The summed E-state index contributed by atoms with van der Waals surface area (Å²) >= 11 is 0. The van der Waals surface area contributed by atoms with Gasteiger partial charge in [-0.3, -0.25) is 4.55 Å². The molecule has 1 fully saturated rings. The standard InChI is InChI=1S/C37H45NO6S2.K/c1-27(15-12-21-31-29(18-10-11-26-45(39,40)41)28-17-6-7-19-30(28)36(31,2)3)16-13-23-34-37(4,5)32-20-8-9-22-33(32)38(34)25-14-24-35(38)46(42,43)44;/h6-9,12-13,15-17,19-23,35H,10-11,14,18,24-26H2,1-5H3,(H-,39,40,41,42,43,44);/q;+1/b16-13?,21-12?,27-15?,34-23+;. The zero-order valence-corrected chi connectivity index (χ0v) is 33.1. The van der Waals surface area contributed by atoms with Crippen LogP contribution >= 0.6 is 0 Å². The molecule has 5 rings (SSSR count). The fourth-order valence-corrected chi connectivity index (χ4v) is 9.82. The molecule has 3 aliphatic rings. The maximum Gasteiger partial charge on any atom is 1.00 e. The van der Waals surface area contributed by atoms with Gasteiger partial charge in [0.25, 0.3) is 10.1 Å². The first-order valence-corrected chi connectivity index (χ1v) is 19.0. The summed E-state index contributed by atoms with van der Waals surface area (Å²) in [6.45, 7) is 11.2. The average Bonchev–Trinajstić information content (AvgIpc) is 3.57. The molecular formula is C37H45KNO6S2+. The molecule has 1 aliphatic carbocycles. The quantitative estimate of drug-likeness (QED) is 0.126. The summed E-state index contributed by atoms with van der Waals surface area (Å²) in [7, 11) is -8.52. The largest absolute Gasteiger partial charge is 1.00 e. The molecule has 1 N–H and O–H groups in total. The van der Waals surface area contributed by atoms with Crippen LogP contribution in [0.15, 0.2) is 102 Å². The Bertz CT molecular complexity index is 1900. The van der Waals surface area contributed by atoms with Gasteiger partial charge in [-0.05, 0) is 74.4 Å². The van der Waals surface area contributed by atoms with Crippen molar-refractivity contribution in [2.45, 2.75) is 82.9 Å². The predicted molar refractivity (Wildman–Crippen MR) is 186 cm³/mol. The van der Waals surface area contributed by atoms with Crippen molar-refractivity contribution < 1.29 is 77.3 Å². The van der Waals surface area contributed by atoms with Gasteiger partial charge in [-0.25, -0.2) is 12.9 Å². The van der Waals surface area contributed by atoms with Gasteiger partial charge in [-0.2, -0.15) is 8.42 Å². The van der Waals surface area contributed by atoms with Gasteiger partial charge in [-0.15, -0.1) is 0 Å².